The van der Waals surface area contributed by atoms with Gasteiger partial charge in [0.15, 0.2) is 11.6 Å². The summed E-state index contributed by atoms with van der Waals surface area (Å²) in [4.78, 5) is 21.5. The lowest BCUT2D eigenvalue weighted by Crippen LogP contribution is -2.49. The molecule has 0 unspecified atom stereocenters. The molecule has 1 amide bonds. The molecule has 0 atom stereocenters. The summed E-state index contributed by atoms with van der Waals surface area (Å²) in [6, 6.07) is 16.0. The molecule has 0 spiro atoms. The monoisotopic (exact) mass is 495 g/mol. The molecule has 4 aromatic rings. The Hall–Kier alpha value is -4.35. The lowest BCUT2D eigenvalue weighted by molar-refractivity contribution is -0.132. The molecule has 1 saturated heterocycles. The Labute approximate surface area is 205 Å². The molecule has 0 bridgehead atoms. The second kappa shape index (κ2) is 10.1. The van der Waals surface area contributed by atoms with E-state index in [-0.39, 0.29) is 18.2 Å². The summed E-state index contributed by atoms with van der Waals surface area (Å²) in [7, 11) is 0. The first-order valence-electron chi connectivity index (χ1n) is 11.3. The lowest BCUT2D eigenvalue weighted by atomic mass is 10.2. The summed E-state index contributed by atoms with van der Waals surface area (Å²) >= 11 is 0. The van der Waals surface area contributed by atoms with Gasteiger partial charge in [0, 0.05) is 44.2 Å². The number of benzene rings is 2. The van der Waals surface area contributed by atoms with Gasteiger partial charge in [-0.15, -0.1) is 10.2 Å². The molecule has 12 heteroatoms. The van der Waals surface area contributed by atoms with Crippen molar-refractivity contribution in [2.45, 2.75) is 20.1 Å². The van der Waals surface area contributed by atoms with Crippen LogP contribution in [0.25, 0.3) is 22.8 Å². The van der Waals surface area contributed by atoms with Gasteiger partial charge in [0.05, 0.1) is 0 Å². The number of ether oxygens (including phenoxy) is 1. The molecule has 3 heterocycles. The predicted molar refractivity (Wildman–Crippen MR) is 125 cm³/mol. The summed E-state index contributed by atoms with van der Waals surface area (Å²) in [6.07, 6.45) is 0. The zero-order chi connectivity index (χ0) is 25.1. The van der Waals surface area contributed by atoms with Crippen LogP contribution in [0.15, 0.2) is 59.0 Å². The van der Waals surface area contributed by atoms with Crippen LogP contribution in [0.2, 0.25) is 0 Å². The van der Waals surface area contributed by atoms with Crippen LogP contribution in [0.4, 0.5) is 14.8 Å². The highest BCUT2D eigenvalue weighted by atomic mass is 19.3. The molecule has 0 radical (unpaired) electrons. The van der Waals surface area contributed by atoms with Crippen molar-refractivity contribution in [2.24, 2.45) is 0 Å². The van der Waals surface area contributed by atoms with Gasteiger partial charge >= 0.3 is 12.6 Å². The van der Waals surface area contributed by atoms with Gasteiger partial charge in [0.25, 0.3) is 0 Å². The molecule has 36 heavy (non-hydrogen) atoms. The number of carbonyl (C=O) groups excluding carboxylic acids is 1. The van der Waals surface area contributed by atoms with Gasteiger partial charge in [-0.05, 0) is 24.3 Å². The van der Waals surface area contributed by atoms with Crippen molar-refractivity contribution >= 4 is 11.9 Å². The van der Waals surface area contributed by atoms with Crippen LogP contribution in [0.3, 0.4) is 0 Å². The van der Waals surface area contributed by atoms with E-state index in [0.717, 1.165) is 5.56 Å². The fourth-order valence-electron chi connectivity index (χ4n) is 3.95. The van der Waals surface area contributed by atoms with E-state index < -0.39 is 6.61 Å². The largest absolute Gasteiger partial charge is 0.435 e. The summed E-state index contributed by atoms with van der Waals surface area (Å²) < 4.78 is 36.4. The van der Waals surface area contributed by atoms with Crippen molar-refractivity contribution in [3.63, 3.8) is 0 Å². The Morgan fingerprint density at radius 2 is 1.72 bits per heavy atom. The molecule has 0 aliphatic carbocycles. The highest BCUT2D eigenvalue weighted by molar-refractivity contribution is 5.77. The molecule has 2 aromatic carbocycles. The Bertz CT molecular complexity index is 1320. The van der Waals surface area contributed by atoms with Gasteiger partial charge in [0.2, 0.25) is 11.8 Å². The fourth-order valence-corrected chi connectivity index (χ4v) is 3.95. The molecule has 0 N–H and O–H groups in total. The van der Waals surface area contributed by atoms with Crippen LogP contribution < -0.4 is 9.64 Å². The Kier molecular flexibility index (Phi) is 6.56. The number of aryl methyl sites for hydroxylation is 1. The fraction of sp³-hybridized carbons (Fsp3) is 0.292. The maximum atomic E-state index is 13.2. The third-order valence-electron chi connectivity index (χ3n) is 5.74. The Morgan fingerprint density at radius 3 is 2.36 bits per heavy atom. The van der Waals surface area contributed by atoms with Crippen molar-refractivity contribution < 1.29 is 22.7 Å². The summed E-state index contributed by atoms with van der Waals surface area (Å²) in [5.41, 5.74) is 1.42. The van der Waals surface area contributed by atoms with E-state index >= 15 is 0 Å². The molecular formula is C24H23F2N7O3. The van der Waals surface area contributed by atoms with E-state index in [1.807, 2.05) is 35.2 Å². The first kappa shape index (κ1) is 23.4. The highest BCUT2D eigenvalue weighted by Gasteiger charge is 2.25. The minimum atomic E-state index is -2.90. The van der Waals surface area contributed by atoms with E-state index in [4.69, 9.17) is 4.42 Å². The molecule has 0 saturated carbocycles. The number of amides is 1. The maximum Gasteiger partial charge on any atom is 0.387 e. The van der Waals surface area contributed by atoms with Gasteiger partial charge in [-0.2, -0.15) is 8.78 Å². The average Bonchev–Trinajstić information content (AvgIpc) is 3.51. The van der Waals surface area contributed by atoms with E-state index in [1.165, 1.54) is 12.1 Å². The van der Waals surface area contributed by atoms with Crippen LogP contribution in [-0.4, -0.2) is 68.6 Å². The smallest absolute Gasteiger partial charge is 0.387 e. The number of rotatable bonds is 7. The number of alkyl halides is 2. The third kappa shape index (κ3) is 5.16. The van der Waals surface area contributed by atoms with Crippen LogP contribution in [0.1, 0.15) is 5.89 Å². The van der Waals surface area contributed by atoms with E-state index in [0.29, 0.717) is 55.3 Å². The van der Waals surface area contributed by atoms with Crippen LogP contribution >= 0.6 is 0 Å². The van der Waals surface area contributed by atoms with Crippen molar-refractivity contribution in [1.29, 1.82) is 0 Å². The number of piperazine rings is 1. The van der Waals surface area contributed by atoms with Crippen molar-refractivity contribution in [3.8, 4) is 28.5 Å². The standard InChI is InChI=1S/C24H23F2N7O3/c1-16-28-29-24(35-16)32-13-11-31(12-14-32)20(34)15-33-22(18-5-3-2-4-6-18)27-21(30-33)17-7-9-19(10-8-17)36-23(25)26/h2-10,23H,11-15H2,1H3. The van der Waals surface area contributed by atoms with E-state index in [9.17, 15) is 13.6 Å². The lowest BCUT2D eigenvalue weighted by Gasteiger charge is -2.33. The number of nitrogens with zero attached hydrogens (tertiary/aromatic N) is 7. The average molecular weight is 495 g/mol. The quantitative estimate of drug-likeness (QED) is 0.385. The predicted octanol–water partition coefficient (Wildman–Crippen LogP) is 3.25. The topological polar surface area (TPSA) is 102 Å². The van der Waals surface area contributed by atoms with Gasteiger partial charge in [0.1, 0.15) is 12.3 Å². The zero-order valence-electron chi connectivity index (χ0n) is 19.4. The molecule has 2 aromatic heterocycles. The first-order valence-corrected chi connectivity index (χ1v) is 11.3. The minimum absolute atomic E-state index is 0.00344. The van der Waals surface area contributed by atoms with Crippen molar-refractivity contribution in [2.75, 3.05) is 31.1 Å². The van der Waals surface area contributed by atoms with Gasteiger partial charge in [-0.25, -0.2) is 9.67 Å². The molecule has 186 valence electrons. The van der Waals surface area contributed by atoms with Crippen LogP contribution in [-0.2, 0) is 11.3 Å². The molecule has 10 nitrogen and oxygen atoms in total. The van der Waals surface area contributed by atoms with Crippen molar-refractivity contribution in [1.82, 2.24) is 29.9 Å². The summed E-state index contributed by atoms with van der Waals surface area (Å²) in [6.45, 7) is 1.01. The van der Waals surface area contributed by atoms with Crippen LogP contribution in [0.5, 0.6) is 5.75 Å². The van der Waals surface area contributed by atoms with Crippen LogP contribution in [0, 0.1) is 6.92 Å². The number of hydrogen-bond donors (Lipinski definition) is 0. The first-order chi connectivity index (χ1) is 17.5. The summed E-state index contributed by atoms with van der Waals surface area (Å²) in [5.74, 6) is 1.36. The second-order valence-electron chi connectivity index (χ2n) is 8.16. The number of halogens is 2. The summed E-state index contributed by atoms with van der Waals surface area (Å²) in [5, 5.41) is 12.5. The van der Waals surface area contributed by atoms with E-state index in [1.54, 1.807) is 28.6 Å². The maximum absolute atomic E-state index is 13.2. The Morgan fingerprint density at radius 1 is 1.00 bits per heavy atom. The number of anilines is 1. The van der Waals surface area contributed by atoms with Gasteiger partial charge in [-0.1, -0.05) is 35.4 Å². The third-order valence-corrected chi connectivity index (χ3v) is 5.74. The number of aromatic nitrogens is 5. The SMILES string of the molecule is Cc1nnc(N2CCN(C(=O)Cn3nc(-c4ccc(OC(F)F)cc4)nc3-c3ccccc3)CC2)o1. The molecule has 1 aliphatic heterocycles. The number of hydrogen-bond acceptors (Lipinski definition) is 8. The van der Waals surface area contributed by atoms with Crippen molar-refractivity contribution in [3.05, 3.63) is 60.5 Å². The molecule has 5 rings (SSSR count). The normalized spacial score (nSPS) is 13.9. The molecule has 1 fully saturated rings. The highest BCUT2D eigenvalue weighted by Crippen LogP contribution is 2.25. The molecular weight excluding hydrogens is 472 g/mol. The Balaban J connectivity index is 1.33. The van der Waals surface area contributed by atoms with E-state index in [2.05, 4.69) is 25.0 Å². The van der Waals surface area contributed by atoms with Gasteiger partial charge in [-0.3, -0.25) is 4.79 Å². The number of carbonyl (C=O) groups is 1. The molecule has 1 aliphatic rings. The van der Waals surface area contributed by atoms with Gasteiger partial charge < -0.3 is 19.0 Å². The zero-order valence-corrected chi connectivity index (χ0v) is 19.4. The minimum Gasteiger partial charge on any atom is -0.435 e. The second-order valence-corrected chi connectivity index (χ2v) is 8.16.